The second-order valence-electron chi connectivity index (χ2n) is 9.29. The molecule has 2 unspecified atom stereocenters. The zero-order valence-electron chi connectivity index (χ0n) is 22.6. The Balaban J connectivity index is 3.58. The van der Waals surface area contributed by atoms with Gasteiger partial charge in [-0.1, -0.05) is 131 Å². The Hall–Kier alpha value is -2.17. The maximum absolute atomic E-state index is 10.4. The van der Waals surface area contributed by atoms with Crippen molar-refractivity contribution in [3.05, 3.63) is 72.9 Å². The Bertz CT molecular complexity index is 670. The molecule has 0 rings (SSSR count). The molecule has 0 saturated heterocycles. The molecule has 0 bridgehead atoms. The van der Waals surface area contributed by atoms with Gasteiger partial charge in [0, 0.05) is 6.42 Å². The Morgan fingerprint density at radius 3 is 1.61 bits per heavy atom. The SMILES string of the molecule is CC/C=C\CC(O)\C=C/C=C/C=C/C(O)CC=CCC=CCCCCCCCCCCCCC(=O)O. The fourth-order valence-electron chi connectivity index (χ4n) is 3.65. The molecule has 0 radical (unpaired) electrons. The van der Waals surface area contributed by atoms with Gasteiger partial charge in [-0.05, 0) is 44.9 Å². The number of carbonyl (C=O) groups is 1. The highest BCUT2D eigenvalue weighted by Crippen LogP contribution is 2.12. The van der Waals surface area contributed by atoms with E-state index >= 15 is 0 Å². The topological polar surface area (TPSA) is 77.8 Å². The minimum Gasteiger partial charge on any atom is -0.481 e. The first-order valence-electron chi connectivity index (χ1n) is 14.1. The number of hydrogen-bond acceptors (Lipinski definition) is 3. The molecule has 0 fully saturated rings. The van der Waals surface area contributed by atoms with Crippen molar-refractivity contribution < 1.29 is 20.1 Å². The van der Waals surface area contributed by atoms with Crippen molar-refractivity contribution in [2.75, 3.05) is 0 Å². The maximum atomic E-state index is 10.4. The molecule has 0 heterocycles. The minimum absolute atomic E-state index is 0.314. The van der Waals surface area contributed by atoms with Crippen LogP contribution in [0.1, 0.15) is 110 Å². The first-order chi connectivity index (χ1) is 17.6. The minimum atomic E-state index is -0.678. The van der Waals surface area contributed by atoms with Gasteiger partial charge in [0.05, 0.1) is 12.2 Å². The molecule has 0 amide bonds. The van der Waals surface area contributed by atoms with Crippen LogP contribution in [-0.4, -0.2) is 33.5 Å². The lowest BCUT2D eigenvalue weighted by molar-refractivity contribution is -0.137. The highest BCUT2D eigenvalue weighted by atomic mass is 16.4. The highest BCUT2D eigenvalue weighted by molar-refractivity contribution is 5.66. The van der Waals surface area contributed by atoms with Crippen molar-refractivity contribution in [3.63, 3.8) is 0 Å². The molecule has 2 atom stereocenters. The fraction of sp³-hybridized carbons (Fsp3) is 0.594. The summed E-state index contributed by atoms with van der Waals surface area (Å²) in [7, 11) is 0. The summed E-state index contributed by atoms with van der Waals surface area (Å²) >= 11 is 0. The van der Waals surface area contributed by atoms with Crippen LogP contribution in [0.2, 0.25) is 0 Å². The molecular formula is C32H52O4. The number of aliphatic hydroxyl groups excluding tert-OH is 2. The summed E-state index contributed by atoms with van der Waals surface area (Å²) in [5.41, 5.74) is 0. The Kier molecular flexibility index (Phi) is 25.8. The molecule has 0 aromatic rings. The van der Waals surface area contributed by atoms with Gasteiger partial charge in [0.15, 0.2) is 0 Å². The van der Waals surface area contributed by atoms with Gasteiger partial charge in [-0.15, -0.1) is 0 Å². The van der Waals surface area contributed by atoms with E-state index in [0.717, 1.165) is 32.1 Å². The van der Waals surface area contributed by atoms with Gasteiger partial charge in [0.1, 0.15) is 0 Å². The number of carboxylic acids is 1. The van der Waals surface area contributed by atoms with E-state index < -0.39 is 18.2 Å². The van der Waals surface area contributed by atoms with Gasteiger partial charge in [-0.2, -0.15) is 0 Å². The van der Waals surface area contributed by atoms with E-state index in [1.807, 2.05) is 42.5 Å². The van der Waals surface area contributed by atoms with Crippen molar-refractivity contribution in [2.45, 2.75) is 122 Å². The van der Waals surface area contributed by atoms with Crippen LogP contribution >= 0.6 is 0 Å². The van der Waals surface area contributed by atoms with Gasteiger partial charge in [0.25, 0.3) is 0 Å². The molecule has 4 nitrogen and oxygen atoms in total. The average Bonchev–Trinajstić information content (AvgIpc) is 2.85. The van der Waals surface area contributed by atoms with Crippen LogP contribution in [0.25, 0.3) is 0 Å². The summed E-state index contributed by atoms with van der Waals surface area (Å²) in [6, 6.07) is 0. The smallest absolute Gasteiger partial charge is 0.303 e. The monoisotopic (exact) mass is 500 g/mol. The van der Waals surface area contributed by atoms with Crippen molar-refractivity contribution in [2.24, 2.45) is 0 Å². The lowest BCUT2D eigenvalue weighted by Crippen LogP contribution is -1.98. The van der Waals surface area contributed by atoms with Crippen molar-refractivity contribution in [3.8, 4) is 0 Å². The van der Waals surface area contributed by atoms with Crippen LogP contribution in [0.4, 0.5) is 0 Å². The summed E-state index contributed by atoms with van der Waals surface area (Å²) < 4.78 is 0. The number of aliphatic hydroxyl groups is 2. The average molecular weight is 501 g/mol. The Labute approximate surface area is 220 Å². The lowest BCUT2D eigenvalue weighted by atomic mass is 10.1. The second kappa shape index (κ2) is 27.4. The Morgan fingerprint density at radius 2 is 1.08 bits per heavy atom. The van der Waals surface area contributed by atoms with Crippen LogP contribution in [0, 0.1) is 0 Å². The Morgan fingerprint density at radius 1 is 0.611 bits per heavy atom. The molecular weight excluding hydrogens is 448 g/mol. The summed E-state index contributed by atoms with van der Waals surface area (Å²) in [5.74, 6) is -0.678. The van der Waals surface area contributed by atoms with Crippen LogP contribution in [0.3, 0.4) is 0 Å². The number of unbranched alkanes of at least 4 members (excludes halogenated alkanes) is 10. The number of hydrogen-bond donors (Lipinski definition) is 3. The number of rotatable bonds is 24. The van der Waals surface area contributed by atoms with E-state index in [9.17, 15) is 15.0 Å². The summed E-state index contributed by atoms with van der Waals surface area (Å²) in [5, 5.41) is 28.3. The molecule has 0 aromatic heterocycles. The first-order valence-corrected chi connectivity index (χ1v) is 14.1. The first kappa shape index (κ1) is 33.8. The third-order valence-electron chi connectivity index (χ3n) is 5.77. The van der Waals surface area contributed by atoms with Gasteiger partial charge < -0.3 is 15.3 Å². The molecule has 0 saturated carbocycles. The van der Waals surface area contributed by atoms with Crippen LogP contribution in [0.15, 0.2) is 72.9 Å². The molecule has 3 N–H and O–H groups in total. The molecule has 0 spiro atoms. The van der Waals surface area contributed by atoms with Crippen molar-refractivity contribution in [1.82, 2.24) is 0 Å². The molecule has 0 aliphatic rings. The number of aliphatic carboxylic acids is 1. The lowest BCUT2D eigenvalue weighted by Gasteiger charge is -2.01. The molecule has 0 aliphatic heterocycles. The maximum Gasteiger partial charge on any atom is 0.303 e. The van der Waals surface area contributed by atoms with Gasteiger partial charge in [0.2, 0.25) is 0 Å². The van der Waals surface area contributed by atoms with E-state index in [1.54, 1.807) is 12.2 Å². The summed E-state index contributed by atoms with van der Waals surface area (Å²) in [6.07, 6.45) is 39.2. The number of allylic oxidation sites excluding steroid dienone is 8. The highest BCUT2D eigenvalue weighted by Gasteiger charge is 1.97. The van der Waals surface area contributed by atoms with E-state index in [4.69, 9.17) is 5.11 Å². The predicted molar refractivity (Wildman–Crippen MR) is 154 cm³/mol. The van der Waals surface area contributed by atoms with E-state index in [0.29, 0.717) is 19.3 Å². The van der Waals surface area contributed by atoms with Crippen LogP contribution < -0.4 is 0 Å². The summed E-state index contributed by atoms with van der Waals surface area (Å²) in [6.45, 7) is 2.07. The second-order valence-corrected chi connectivity index (χ2v) is 9.29. The van der Waals surface area contributed by atoms with Crippen molar-refractivity contribution in [1.29, 1.82) is 0 Å². The normalized spacial score (nSPS) is 14.5. The quantitative estimate of drug-likeness (QED) is 0.0706. The van der Waals surface area contributed by atoms with E-state index in [2.05, 4.69) is 25.2 Å². The van der Waals surface area contributed by atoms with Crippen LogP contribution in [-0.2, 0) is 4.79 Å². The third-order valence-corrected chi connectivity index (χ3v) is 5.77. The fourth-order valence-corrected chi connectivity index (χ4v) is 3.65. The summed E-state index contributed by atoms with van der Waals surface area (Å²) in [4.78, 5) is 10.4. The van der Waals surface area contributed by atoms with E-state index in [-0.39, 0.29) is 0 Å². The zero-order chi connectivity index (χ0) is 26.5. The van der Waals surface area contributed by atoms with Crippen LogP contribution in [0.5, 0.6) is 0 Å². The largest absolute Gasteiger partial charge is 0.481 e. The molecule has 4 heteroatoms. The molecule has 36 heavy (non-hydrogen) atoms. The van der Waals surface area contributed by atoms with Gasteiger partial charge >= 0.3 is 5.97 Å². The zero-order valence-corrected chi connectivity index (χ0v) is 22.6. The predicted octanol–water partition coefficient (Wildman–Crippen LogP) is 8.39. The standard InChI is InChI=1S/C32H52O4/c1-2-3-20-25-30(33)27-22-18-19-23-28-31(34)26-21-16-14-12-10-8-6-4-5-7-9-11-13-15-17-24-29-32(35)36/h3,10,12,16,18-23,27-28,30-31,33-34H,2,4-9,11,13-15,17,24-26,29H2,1H3,(H,35,36)/b12-10?,19-18+,20-3-,21-16?,27-22-,28-23+. The van der Waals surface area contributed by atoms with Crippen molar-refractivity contribution >= 4 is 5.97 Å². The molecule has 0 aliphatic carbocycles. The molecule has 0 aromatic carbocycles. The van der Waals surface area contributed by atoms with Gasteiger partial charge in [-0.3, -0.25) is 4.79 Å². The molecule has 204 valence electrons. The number of carboxylic acid groups (broad SMARTS) is 1. The van der Waals surface area contributed by atoms with E-state index in [1.165, 1.54) is 51.4 Å². The van der Waals surface area contributed by atoms with Gasteiger partial charge in [-0.25, -0.2) is 0 Å². The third kappa shape index (κ3) is 28.1.